The zero-order valence-electron chi connectivity index (χ0n) is 11.0. The minimum atomic E-state index is -0.177. The first-order valence-electron chi connectivity index (χ1n) is 6.72. The third-order valence-corrected chi connectivity index (χ3v) is 4.00. The van der Waals surface area contributed by atoms with Gasteiger partial charge in [-0.3, -0.25) is 0 Å². The Hall–Kier alpha value is -0.600. The molecule has 1 N–H and O–H groups in total. The number of rotatable bonds is 3. The molecule has 1 fully saturated rings. The van der Waals surface area contributed by atoms with Gasteiger partial charge in [0.1, 0.15) is 5.82 Å². The average molecular weight is 270 g/mol. The van der Waals surface area contributed by atoms with Gasteiger partial charge in [-0.1, -0.05) is 25.4 Å². The fourth-order valence-electron chi connectivity index (χ4n) is 3.05. The predicted octanol–water partition coefficient (Wildman–Crippen LogP) is 4.39. The van der Waals surface area contributed by atoms with Crippen molar-refractivity contribution in [3.63, 3.8) is 0 Å². The molecule has 1 saturated carbocycles. The van der Waals surface area contributed by atoms with E-state index in [9.17, 15) is 4.39 Å². The van der Waals surface area contributed by atoms with E-state index in [-0.39, 0.29) is 5.82 Å². The van der Waals surface area contributed by atoms with Gasteiger partial charge in [0.25, 0.3) is 0 Å². The Kier molecular flexibility index (Phi) is 4.63. The van der Waals surface area contributed by atoms with E-state index in [2.05, 4.69) is 19.2 Å². The van der Waals surface area contributed by atoms with Crippen molar-refractivity contribution in [3.05, 3.63) is 34.6 Å². The van der Waals surface area contributed by atoms with Gasteiger partial charge in [-0.2, -0.15) is 0 Å². The van der Waals surface area contributed by atoms with Crippen molar-refractivity contribution in [1.82, 2.24) is 5.32 Å². The molecule has 100 valence electrons. The zero-order valence-corrected chi connectivity index (χ0v) is 11.8. The zero-order chi connectivity index (χ0) is 13.1. The highest BCUT2D eigenvalue weighted by molar-refractivity contribution is 6.30. The molecule has 3 heteroatoms. The highest BCUT2D eigenvalue weighted by Gasteiger charge is 2.23. The van der Waals surface area contributed by atoms with Crippen LogP contribution < -0.4 is 5.32 Å². The molecule has 0 aromatic heterocycles. The number of hydrogen-bond donors (Lipinski definition) is 1. The van der Waals surface area contributed by atoms with Crippen LogP contribution >= 0.6 is 11.6 Å². The summed E-state index contributed by atoms with van der Waals surface area (Å²) in [4.78, 5) is 0. The molecule has 0 amide bonds. The topological polar surface area (TPSA) is 12.0 Å². The van der Waals surface area contributed by atoms with Gasteiger partial charge in [-0.15, -0.1) is 0 Å². The second kappa shape index (κ2) is 6.03. The first kappa shape index (κ1) is 13.8. The molecule has 2 unspecified atom stereocenters. The van der Waals surface area contributed by atoms with E-state index in [0.717, 1.165) is 11.8 Å². The normalized spacial score (nSPS) is 28.3. The van der Waals surface area contributed by atoms with E-state index < -0.39 is 0 Å². The van der Waals surface area contributed by atoms with Gasteiger partial charge in [0.15, 0.2) is 0 Å². The van der Waals surface area contributed by atoms with E-state index in [4.69, 9.17) is 11.6 Å². The molecule has 0 bridgehead atoms. The summed E-state index contributed by atoms with van der Waals surface area (Å²) in [7, 11) is 0. The molecule has 18 heavy (non-hydrogen) atoms. The largest absolute Gasteiger partial charge is 0.310 e. The van der Waals surface area contributed by atoms with Crippen LogP contribution in [-0.4, -0.2) is 6.04 Å². The van der Waals surface area contributed by atoms with Gasteiger partial charge in [0.05, 0.1) is 0 Å². The monoisotopic (exact) mass is 269 g/mol. The van der Waals surface area contributed by atoms with Gasteiger partial charge in [-0.25, -0.2) is 4.39 Å². The number of benzene rings is 1. The van der Waals surface area contributed by atoms with Crippen molar-refractivity contribution in [2.45, 2.75) is 45.7 Å². The number of nitrogens with one attached hydrogen (secondary N) is 1. The number of hydrogen-bond acceptors (Lipinski definition) is 1. The smallest absolute Gasteiger partial charge is 0.127 e. The lowest BCUT2D eigenvalue weighted by atomic mass is 9.80. The summed E-state index contributed by atoms with van der Waals surface area (Å²) in [5, 5.41) is 4.06. The van der Waals surface area contributed by atoms with Crippen LogP contribution in [-0.2, 0) is 6.54 Å². The molecule has 0 spiro atoms. The van der Waals surface area contributed by atoms with Gasteiger partial charge in [0, 0.05) is 23.2 Å². The first-order valence-corrected chi connectivity index (χ1v) is 7.09. The van der Waals surface area contributed by atoms with Crippen LogP contribution in [0.2, 0.25) is 5.02 Å². The Bertz CT molecular complexity index is 397. The maximum absolute atomic E-state index is 13.6. The molecular weight excluding hydrogens is 249 g/mol. The minimum absolute atomic E-state index is 0.177. The van der Waals surface area contributed by atoms with Crippen molar-refractivity contribution in [3.8, 4) is 0 Å². The Balaban J connectivity index is 1.92. The summed E-state index contributed by atoms with van der Waals surface area (Å²) in [5.74, 6) is 1.34. The summed E-state index contributed by atoms with van der Waals surface area (Å²) in [6.07, 6.45) is 3.68. The third-order valence-electron chi connectivity index (χ3n) is 3.77. The van der Waals surface area contributed by atoms with Crippen LogP contribution in [0.1, 0.15) is 38.7 Å². The van der Waals surface area contributed by atoms with E-state index in [0.29, 0.717) is 23.2 Å². The summed E-state index contributed by atoms with van der Waals surface area (Å²) in [5.41, 5.74) is 0.661. The standard InChI is InChI=1S/C15H21ClFN/c1-10-5-11(2)7-14(6-10)18-9-12-8-13(16)3-4-15(12)17/h3-4,8,10-11,14,18H,5-7,9H2,1-2H3. The molecule has 1 aromatic rings. The van der Waals surface area contributed by atoms with E-state index >= 15 is 0 Å². The first-order chi connectivity index (χ1) is 8.54. The van der Waals surface area contributed by atoms with E-state index in [1.165, 1.54) is 25.3 Å². The quantitative estimate of drug-likeness (QED) is 0.858. The van der Waals surface area contributed by atoms with Crippen LogP contribution in [0.25, 0.3) is 0 Å². The Morgan fingerprint density at radius 1 is 1.22 bits per heavy atom. The van der Waals surface area contributed by atoms with Crippen molar-refractivity contribution in [2.24, 2.45) is 11.8 Å². The van der Waals surface area contributed by atoms with Gasteiger partial charge in [0.2, 0.25) is 0 Å². The predicted molar refractivity (Wildman–Crippen MR) is 74.2 cm³/mol. The Morgan fingerprint density at radius 3 is 2.56 bits per heavy atom. The lowest BCUT2D eigenvalue weighted by Gasteiger charge is -2.32. The molecule has 1 aliphatic carbocycles. The lowest BCUT2D eigenvalue weighted by molar-refractivity contribution is 0.237. The molecule has 2 atom stereocenters. The van der Waals surface area contributed by atoms with Crippen LogP contribution in [0.4, 0.5) is 4.39 Å². The van der Waals surface area contributed by atoms with Crippen molar-refractivity contribution in [1.29, 1.82) is 0 Å². The SMILES string of the molecule is CC1CC(C)CC(NCc2cc(Cl)ccc2F)C1. The lowest BCUT2D eigenvalue weighted by Crippen LogP contribution is -2.36. The molecule has 1 aromatic carbocycles. The third kappa shape index (κ3) is 3.69. The maximum Gasteiger partial charge on any atom is 0.127 e. The van der Waals surface area contributed by atoms with Crippen molar-refractivity contribution in [2.75, 3.05) is 0 Å². The average Bonchev–Trinajstić information content (AvgIpc) is 2.29. The molecular formula is C15H21ClFN. The fraction of sp³-hybridized carbons (Fsp3) is 0.600. The summed E-state index contributed by atoms with van der Waals surface area (Å²) >= 11 is 5.89. The molecule has 1 aliphatic rings. The molecule has 1 nitrogen and oxygen atoms in total. The molecule has 0 aliphatic heterocycles. The van der Waals surface area contributed by atoms with E-state index in [1.54, 1.807) is 12.1 Å². The van der Waals surface area contributed by atoms with E-state index in [1.807, 2.05) is 0 Å². The molecule has 0 saturated heterocycles. The summed E-state index contributed by atoms with van der Waals surface area (Å²) in [6.45, 7) is 5.16. The van der Waals surface area contributed by atoms with Gasteiger partial charge in [-0.05, 0) is 49.3 Å². The second-order valence-corrected chi connectivity index (χ2v) is 6.17. The molecule has 2 rings (SSSR count). The molecule has 0 heterocycles. The van der Waals surface area contributed by atoms with Crippen LogP contribution in [0.5, 0.6) is 0 Å². The molecule has 0 radical (unpaired) electrons. The summed E-state index contributed by atoms with van der Waals surface area (Å²) < 4.78 is 13.6. The Labute approximate surface area is 114 Å². The van der Waals surface area contributed by atoms with Crippen LogP contribution in [0.15, 0.2) is 18.2 Å². The second-order valence-electron chi connectivity index (χ2n) is 5.73. The Morgan fingerprint density at radius 2 is 1.89 bits per heavy atom. The van der Waals surface area contributed by atoms with Crippen LogP contribution in [0, 0.1) is 17.7 Å². The summed E-state index contributed by atoms with van der Waals surface area (Å²) in [6, 6.07) is 5.23. The van der Waals surface area contributed by atoms with Crippen LogP contribution in [0.3, 0.4) is 0 Å². The fourth-order valence-corrected chi connectivity index (χ4v) is 3.24. The number of halogens is 2. The van der Waals surface area contributed by atoms with Crippen molar-refractivity contribution < 1.29 is 4.39 Å². The van der Waals surface area contributed by atoms with Gasteiger partial charge < -0.3 is 5.32 Å². The van der Waals surface area contributed by atoms with Crippen molar-refractivity contribution >= 4 is 11.6 Å². The highest BCUT2D eigenvalue weighted by Crippen LogP contribution is 2.28. The van der Waals surface area contributed by atoms with Gasteiger partial charge >= 0.3 is 0 Å². The highest BCUT2D eigenvalue weighted by atomic mass is 35.5. The maximum atomic E-state index is 13.6. The minimum Gasteiger partial charge on any atom is -0.310 e.